The second kappa shape index (κ2) is 17.0. The minimum Gasteiger partial charge on any atom is -0.496 e. The molecule has 0 aliphatic rings. The first-order valence-electron chi connectivity index (χ1n) is 21.4. The fraction of sp³-hybridized carbons (Fsp3) is 0.107. The van der Waals surface area contributed by atoms with Gasteiger partial charge in [0.1, 0.15) is 34.5 Å². The summed E-state index contributed by atoms with van der Waals surface area (Å²) in [5.41, 5.74) is 0. The normalized spacial score (nSPS) is 11.9. The van der Waals surface area contributed by atoms with Crippen LogP contribution in [0.15, 0.2) is 170 Å². The summed E-state index contributed by atoms with van der Waals surface area (Å²) >= 11 is 0. The Morgan fingerprint density at radius 2 is 0.606 bits per heavy atom. The van der Waals surface area contributed by atoms with Crippen LogP contribution in [0.1, 0.15) is 0 Å². The van der Waals surface area contributed by atoms with Crippen molar-refractivity contribution in [1.29, 1.82) is 0 Å². The van der Waals surface area contributed by atoms with Crippen molar-refractivity contribution in [2.45, 2.75) is 0 Å². The molecule has 0 aliphatic carbocycles. The van der Waals surface area contributed by atoms with Gasteiger partial charge in [0.25, 0.3) is 0 Å². The van der Waals surface area contributed by atoms with Crippen molar-refractivity contribution in [3.8, 4) is 34.5 Å². The topological polar surface area (TPSA) is 89.5 Å². The van der Waals surface area contributed by atoms with Gasteiger partial charge in [0.2, 0.25) is 0 Å². The predicted octanol–water partition coefficient (Wildman–Crippen LogP) is 10.8. The number of methoxy groups -OCH3 is 6. The Labute approximate surface area is 383 Å². The van der Waals surface area contributed by atoms with E-state index in [1.165, 1.54) is 0 Å². The van der Waals surface area contributed by atoms with Crippen molar-refractivity contribution in [3.05, 3.63) is 170 Å². The number of ether oxygens (including phenoxy) is 6. The Bertz CT molecular complexity index is 3280. The van der Waals surface area contributed by atoms with Gasteiger partial charge in [0, 0.05) is 64.3 Å². The van der Waals surface area contributed by atoms with Gasteiger partial charge in [0.15, 0.2) is 14.3 Å². The number of hydrogen-bond acceptors (Lipinski definition) is 8. The van der Waals surface area contributed by atoms with Crippen LogP contribution in [0.2, 0.25) is 0 Å². The number of benzene rings is 10. The Morgan fingerprint density at radius 3 is 0.894 bits per heavy atom. The van der Waals surface area contributed by atoms with Crippen LogP contribution in [-0.4, -0.2) is 42.7 Å². The van der Waals surface area contributed by atoms with E-state index in [1.54, 1.807) is 42.7 Å². The second-order valence-corrected chi connectivity index (χ2v) is 21.4. The molecule has 0 atom stereocenters. The second-order valence-electron chi connectivity index (χ2n) is 15.9. The van der Waals surface area contributed by atoms with Crippen LogP contribution in [0.5, 0.6) is 34.5 Å². The Kier molecular flexibility index (Phi) is 11.0. The van der Waals surface area contributed by atoms with Crippen molar-refractivity contribution in [1.82, 2.24) is 0 Å². The first-order chi connectivity index (χ1) is 32.3. The van der Waals surface area contributed by atoms with Gasteiger partial charge < -0.3 is 37.6 Å². The van der Waals surface area contributed by atoms with Crippen molar-refractivity contribution in [2.75, 3.05) is 42.7 Å². The van der Waals surface area contributed by atoms with Gasteiger partial charge in [-0.1, -0.05) is 133 Å². The molecule has 0 heterocycles. The smallest absolute Gasteiger partial charge is 0.174 e. The minimum atomic E-state index is -3.66. The zero-order valence-corrected chi connectivity index (χ0v) is 39.1. The van der Waals surface area contributed by atoms with Gasteiger partial charge in [-0.3, -0.25) is 0 Å². The van der Waals surface area contributed by atoms with Crippen LogP contribution in [0.25, 0.3) is 53.9 Å². The third-order valence-electron chi connectivity index (χ3n) is 12.7. The number of fused-ring (bicyclic) bond motifs is 9. The molecule has 0 unspecified atom stereocenters. The molecule has 10 aromatic rings. The van der Waals surface area contributed by atoms with Crippen molar-refractivity contribution in [3.63, 3.8) is 0 Å². The highest BCUT2D eigenvalue weighted by Crippen LogP contribution is 2.55. The highest BCUT2D eigenvalue weighted by atomic mass is 31.2. The molecule has 0 saturated heterocycles. The molecule has 0 N–H and O–H groups in total. The summed E-state index contributed by atoms with van der Waals surface area (Å²) in [7, 11) is 2.44. The fourth-order valence-electron chi connectivity index (χ4n) is 9.79. The lowest BCUT2D eigenvalue weighted by molar-refractivity contribution is 0.410. The van der Waals surface area contributed by atoms with E-state index < -0.39 is 14.3 Å². The van der Waals surface area contributed by atoms with Gasteiger partial charge in [0.05, 0.1) is 53.3 Å². The lowest BCUT2D eigenvalue weighted by atomic mass is 9.89. The van der Waals surface area contributed by atoms with Crippen LogP contribution in [-0.2, 0) is 9.13 Å². The predicted molar refractivity (Wildman–Crippen MR) is 272 cm³/mol. The van der Waals surface area contributed by atoms with Crippen molar-refractivity contribution < 1.29 is 37.6 Å². The molecule has 0 amide bonds. The molecule has 0 radical (unpaired) electrons. The van der Waals surface area contributed by atoms with E-state index in [0.717, 1.165) is 32.3 Å². The van der Waals surface area contributed by atoms with Crippen LogP contribution >= 0.6 is 14.3 Å². The quantitative estimate of drug-likeness (QED) is 0.0885. The monoisotopic (exact) mass is 908 g/mol. The summed E-state index contributed by atoms with van der Waals surface area (Å²) in [5.74, 6) is 3.01. The third-order valence-corrected chi connectivity index (χ3v) is 18.9. The molecule has 66 heavy (non-hydrogen) atoms. The zero-order chi connectivity index (χ0) is 45.7. The zero-order valence-electron chi connectivity index (χ0n) is 37.3. The Morgan fingerprint density at radius 1 is 0.303 bits per heavy atom. The average Bonchev–Trinajstić information content (AvgIpc) is 3.39. The number of hydrogen-bond donors (Lipinski definition) is 0. The number of rotatable bonds is 12. The Hall–Kier alpha value is -7.24. The lowest BCUT2D eigenvalue weighted by Crippen LogP contribution is -2.26. The maximum Gasteiger partial charge on any atom is 0.174 e. The first kappa shape index (κ1) is 42.7. The maximum absolute atomic E-state index is 16.4. The molecule has 0 aromatic heterocycles. The molecule has 8 nitrogen and oxygen atoms in total. The molecule has 0 fully saturated rings. The van der Waals surface area contributed by atoms with Crippen LogP contribution in [0.4, 0.5) is 0 Å². The minimum absolute atomic E-state index is 0.425. The maximum atomic E-state index is 16.4. The van der Waals surface area contributed by atoms with E-state index >= 15 is 9.13 Å². The molecule has 328 valence electrons. The molecule has 10 rings (SSSR count). The molecule has 0 saturated carbocycles. The summed E-state index contributed by atoms with van der Waals surface area (Å²) in [6, 6.07) is 53.9. The van der Waals surface area contributed by atoms with Crippen molar-refractivity contribution in [2.24, 2.45) is 0 Å². The Balaban J connectivity index is 1.49. The van der Waals surface area contributed by atoms with E-state index in [2.05, 4.69) is 12.1 Å². The van der Waals surface area contributed by atoms with E-state index in [9.17, 15) is 0 Å². The SMILES string of the molecule is COc1cc(P(=O)(c2ccccc2)c2ccccc2)c(OC)c2c1cc(OC)c1ccc3ccc4c(OC)cc5c(OC)cc(P(=O)(c6ccccc6)c6ccccc6)c(OC)c5c4c3c12. The first-order valence-corrected chi connectivity index (χ1v) is 24.8. The lowest BCUT2D eigenvalue weighted by Gasteiger charge is -2.26. The van der Waals surface area contributed by atoms with E-state index in [1.807, 2.05) is 158 Å². The van der Waals surface area contributed by atoms with Crippen LogP contribution < -0.4 is 60.2 Å². The standard InChI is InChI=1S/C56H46O8P2/c1-59-44-31-42-46(61-3)33-48(65(57,36-19-11-7-12-20-36)37-21-13-8-14-22-37)55(63-5)53(42)51-40(44)29-27-35-28-30-41-45(60-2)32-43-47(62-4)34-49(56(64-6)54(43)52(41)50(35)51)66(58,38-23-15-9-16-24-38)39-25-17-10-18-26-39/h7-34H,1-6H3. The summed E-state index contributed by atoms with van der Waals surface area (Å²) in [6.07, 6.45) is 0. The third kappa shape index (κ3) is 6.35. The average molecular weight is 909 g/mol. The van der Waals surface area contributed by atoms with Gasteiger partial charge >= 0.3 is 0 Å². The molecular weight excluding hydrogens is 863 g/mol. The fourth-order valence-corrected chi connectivity index (χ4v) is 15.4. The molecule has 10 heteroatoms. The van der Waals surface area contributed by atoms with Crippen molar-refractivity contribution >= 4 is 100.0 Å². The molecule has 0 spiro atoms. The van der Waals surface area contributed by atoms with Gasteiger partial charge in [-0.15, -0.1) is 0 Å². The van der Waals surface area contributed by atoms with Crippen LogP contribution in [0, 0.1) is 0 Å². The highest BCUT2D eigenvalue weighted by Gasteiger charge is 2.38. The van der Waals surface area contributed by atoms with E-state index in [0.29, 0.717) is 87.9 Å². The summed E-state index contributed by atoms with van der Waals surface area (Å²) in [4.78, 5) is 0. The summed E-state index contributed by atoms with van der Waals surface area (Å²) in [6.45, 7) is 0. The molecule has 10 aromatic carbocycles. The highest BCUT2D eigenvalue weighted by molar-refractivity contribution is 7.86. The van der Waals surface area contributed by atoms with E-state index in [4.69, 9.17) is 28.4 Å². The summed E-state index contributed by atoms with van der Waals surface area (Å²) < 4.78 is 71.0. The molecular formula is C56H46O8P2. The van der Waals surface area contributed by atoms with E-state index in [-0.39, 0.29) is 0 Å². The molecule has 0 bridgehead atoms. The van der Waals surface area contributed by atoms with Gasteiger partial charge in [-0.05, 0) is 47.2 Å². The van der Waals surface area contributed by atoms with Gasteiger partial charge in [-0.2, -0.15) is 0 Å². The van der Waals surface area contributed by atoms with Crippen LogP contribution in [0.3, 0.4) is 0 Å². The summed E-state index contributed by atoms with van der Waals surface area (Å²) in [5, 5.41) is 11.0. The largest absolute Gasteiger partial charge is 0.496 e. The molecule has 0 aliphatic heterocycles. The van der Waals surface area contributed by atoms with Gasteiger partial charge in [-0.25, -0.2) is 0 Å².